The summed E-state index contributed by atoms with van der Waals surface area (Å²) < 4.78 is 0. The number of rotatable bonds is 4. The molecule has 0 fully saturated rings. The number of carboxylic acid groups (broad SMARTS) is 1. The summed E-state index contributed by atoms with van der Waals surface area (Å²) in [5.41, 5.74) is 0. The maximum atomic E-state index is 13.0. The summed E-state index contributed by atoms with van der Waals surface area (Å²) in [6, 6.07) is -0.577. The second-order valence-electron chi connectivity index (χ2n) is 7.69. The number of nitrogens with one attached hydrogen (secondary N) is 1. The highest BCUT2D eigenvalue weighted by Gasteiger charge is 2.32. The van der Waals surface area contributed by atoms with Crippen molar-refractivity contribution in [2.45, 2.75) is 78.3 Å². The minimum absolute atomic E-state index is 0.0485. The van der Waals surface area contributed by atoms with Crippen molar-refractivity contribution in [2.75, 3.05) is 6.54 Å². The first-order valence-corrected chi connectivity index (χ1v) is 9.71. The Kier molecular flexibility index (Phi) is 9.38. The van der Waals surface area contributed by atoms with Crippen LogP contribution in [0.25, 0.3) is 0 Å². The van der Waals surface area contributed by atoms with E-state index in [0.717, 1.165) is 25.7 Å². The van der Waals surface area contributed by atoms with Crippen LogP contribution >= 0.6 is 0 Å². The lowest BCUT2D eigenvalue weighted by Gasteiger charge is -2.33. The number of carbonyl (C=O) groups is 3. The quantitative estimate of drug-likeness (QED) is 0.749. The normalized spacial score (nSPS) is 23.8. The van der Waals surface area contributed by atoms with Crippen LogP contribution in [-0.4, -0.2) is 46.4 Å². The van der Waals surface area contributed by atoms with Gasteiger partial charge in [-0.2, -0.15) is 0 Å². The van der Waals surface area contributed by atoms with E-state index >= 15 is 0 Å². The molecule has 2 amide bonds. The van der Waals surface area contributed by atoms with Crippen LogP contribution in [0.15, 0.2) is 12.2 Å². The van der Waals surface area contributed by atoms with Gasteiger partial charge >= 0.3 is 5.97 Å². The lowest BCUT2D eigenvalue weighted by Crippen LogP contribution is -2.54. The Labute approximate surface area is 157 Å². The van der Waals surface area contributed by atoms with Gasteiger partial charge in [-0.05, 0) is 51.9 Å². The Morgan fingerprint density at radius 2 is 1.81 bits per heavy atom. The van der Waals surface area contributed by atoms with E-state index in [1.165, 1.54) is 0 Å². The van der Waals surface area contributed by atoms with Gasteiger partial charge in [0, 0.05) is 18.5 Å². The minimum Gasteiger partial charge on any atom is -0.481 e. The molecule has 0 saturated carbocycles. The molecule has 1 heterocycles. The smallest absolute Gasteiger partial charge is 0.304 e. The maximum Gasteiger partial charge on any atom is 0.304 e. The third-order valence-electron chi connectivity index (χ3n) is 4.79. The average Bonchev–Trinajstić information content (AvgIpc) is 2.54. The first kappa shape index (κ1) is 22.2. The van der Waals surface area contributed by atoms with Crippen LogP contribution < -0.4 is 5.32 Å². The summed E-state index contributed by atoms with van der Waals surface area (Å²) in [5.74, 6) is -2.07. The predicted octanol–water partition coefficient (Wildman–Crippen LogP) is 2.98. The topological polar surface area (TPSA) is 86.7 Å². The molecular weight excluding hydrogens is 332 g/mol. The number of aliphatic carboxylic acids is 1. The predicted molar refractivity (Wildman–Crippen MR) is 102 cm³/mol. The fraction of sp³-hybridized carbons (Fsp3) is 0.750. The van der Waals surface area contributed by atoms with E-state index in [-0.39, 0.29) is 30.2 Å². The molecule has 0 saturated heterocycles. The standard InChI is InChI=1S/C20H34N2O4/c1-14(2)18-20(26)22(15(3)4)12-10-8-6-5-7-9-11-16(13-17(23)24)19(25)21-18/h5-6,14-16,18H,7-13H2,1-4H3,(H,21,25)(H,23,24)/t16-,18+/m1/s1. The first-order chi connectivity index (χ1) is 12.2. The number of hydrogen-bond acceptors (Lipinski definition) is 3. The van der Waals surface area contributed by atoms with Crippen LogP contribution in [0, 0.1) is 11.8 Å². The molecular formula is C20H34N2O4. The number of allylic oxidation sites excluding steroid dienone is 2. The van der Waals surface area contributed by atoms with Gasteiger partial charge in [0.25, 0.3) is 0 Å². The molecule has 0 aromatic carbocycles. The number of carboxylic acids is 1. The Morgan fingerprint density at radius 1 is 1.19 bits per heavy atom. The van der Waals surface area contributed by atoms with Crippen LogP contribution in [0.4, 0.5) is 0 Å². The molecule has 0 spiro atoms. The zero-order valence-corrected chi connectivity index (χ0v) is 16.5. The van der Waals surface area contributed by atoms with Crippen LogP contribution in [0.2, 0.25) is 0 Å². The Balaban J connectivity index is 3.07. The van der Waals surface area contributed by atoms with E-state index in [4.69, 9.17) is 5.11 Å². The fourth-order valence-electron chi connectivity index (χ4n) is 3.22. The Morgan fingerprint density at radius 3 is 2.35 bits per heavy atom. The van der Waals surface area contributed by atoms with Gasteiger partial charge in [0.15, 0.2) is 0 Å². The van der Waals surface area contributed by atoms with Crippen LogP contribution in [-0.2, 0) is 14.4 Å². The zero-order valence-electron chi connectivity index (χ0n) is 16.5. The van der Waals surface area contributed by atoms with Crippen molar-refractivity contribution in [3.8, 4) is 0 Å². The van der Waals surface area contributed by atoms with Gasteiger partial charge in [0.05, 0.1) is 6.42 Å². The van der Waals surface area contributed by atoms with E-state index in [1.54, 1.807) is 0 Å². The molecule has 0 radical (unpaired) electrons. The van der Waals surface area contributed by atoms with E-state index in [9.17, 15) is 14.4 Å². The van der Waals surface area contributed by atoms with Crippen molar-refractivity contribution in [2.24, 2.45) is 11.8 Å². The van der Waals surface area contributed by atoms with Crippen LogP contribution in [0.1, 0.15) is 66.2 Å². The monoisotopic (exact) mass is 366 g/mol. The summed E-state index contributed by atoms with van der Waals surface area (Å²) >= 11 is 0. The first-order valence-electron chi connectivity index (χ1n) is 9.71. The molecule has 0 aromatic rings. The van der Waals surface area contributed by atoms with E-state index in [0.29, 0.717) is 13.0 Å². The van der Waals surface area contributed by atoms with Crippen molar-refractivity contribution in [1.29, 1.82) is 0 Å². The van der Waals surface area contributed by atoms with E-state index in [2.05, 4.69) is 17.5 Å². The third-order valence-corrected chi connectivity index (χ3v) is 4.79. The number of carbonyl (C=O) groups excluding carboxylic acids is 2. The molecule has 0 aliphatic carbocycles. The molecule has 148 valence electrons. The van der Waals surface area contributed by atoms with Crippen molar-refractivity contribution in [3.63, 3.8) is 0 Å². The van der Waals surface area contributed by atoms with Crippen LogP contribution in [0.5, 0.6) is 0 Å². The summed E-state index contributed by atoms with van der Waals surface area (Å²) in [7, 11) is 0. The molecule has 6 heteroatoms. The van der Waals surface area contributed by atoms with Crippen molar-refractivity contribution in [1.82, 2.24) is 10.2 Å². The third kappa shape index (κ3) is 7.18. The average molecular weight is 367 g/mol. The van der Waals surface area contributed by atoms with Gasteiger partial charge in [-0.25, -0.2) is 0 Å². The second kappa shape index (κ2) is 11.0. The van der Waals surface area contributed by atoms with Crippen molar-refractivity contribution < 1.29 is 19.5 Å². The second-order valence-corrected chi connectivity index (χ2v) is 7.69. The van der Waals surface area contributed by atoms with E-state index in [1.807, 2.05) is 32.6 Å². The molecule has 0 unspecified atom stereocenters. The molecule has 1 aliphatic heterocycles. The number of nitrogens with zero attached hydrogens (tertiary/aromatic N) is 1. The largest absolute Gasteiger partial charge is 0.481 e. The molecule has 2 atom stereocenters. The van der Waals surface area contributed by atoms with Gasteiger partial charge in [-0.3, -0.25) is 14.4 Å². The Hall–Kier alpha value is -1.85. The lowest BCUT2D eigenvalue weighted by atomic mass is 9.95. The van der Waals surface area contributed by atoms with Crippen molar-refractivity contribution in [3.05, 3.63) is 12.2 Å². The molecule has 0 aromatic heterocycles. The summed E-state index contributed by atoms with van der Waals surface area (Å²) in [6.07, 6.45) is 7.90. The minimum atomic E-state index is -0.988. The number of hydrogen-bond donors (Lipinski definition) is 2. The lowest BCUT2D eigenvalue weighted by molar-refractivity contribution is -0.143. The van der Waals surface area contributed by atoms with Gasteiger partial charge < -0.3 is 15.3 Å². The highest BCUT2D eigenvalue weighted by atomic mass is 16.4. The highest BCUT2D eigenvalue weighted by Crippen LogP contribution is 2.17. The molecule has 26 heavy (non-hydrogen) atoms. The highest BCUT2D eigenvalue weighted by molar-refractivity contribution is 5.90. The van der Waals surface area contributed by atoms with Gasteiger partial charge in [0.1, 0.15) is 6.04 Å². The van der Waals surface area contributed by atoms with E-state index < -0.39 is 17.9 Å². The molecule has 1 rings (SSSR count). The SMILES string of the molecule is CC(C)[C@@H]1NC(=O)[C@@H](CC(=O)O)CCCC=CCCCN(C(C)C)C1=O. The van der Waals surface area contributed by atoms with Gasteiger partial charge in [-0.1, -0.05) is 26.0 Å². The van der Waals surface area contributed by atoms with Crippen LogP contribution in [0.3, 0.4) is 0 Å². The molecule has 2 N–H and O–H groups in total. The Bertz CT molecular complexity index is 514. The molecule has 1 aliphatic rings. The van der Waals surface area contributed by atoms with Crippen molar-refractivity contribution >= 4 is 17.8 Å². The molecule has 6 nitrogen and oxygen atoms in total. The maximum absolute atomic E-state index is 13.0. The van der Waals surface area contributed by atoms with Gasteiger partial charge in [0.2, 0.25) is 11.8 Å². The zero-order chi connectivity index (χ0) is 19.7. The summed E-state index contributed by atoms with van der Waals surface area (Å²) in [5, 5.41) is 12.0. The fourth-order valence-corrected chi connectivity index (χ4v) is 3.22. The molecule has 0 bridgehead atoms. The summed E-state index contributed by atoms with van der Waals surface area (Å²) in [6.45, 7) is 8.41. The van der Waals surface area contributed by atoms with Gasteiger partial charge in [-0.15, -0.1) is 0 Å². The summed E-state index contributed by atoms with van der Waals surface area (Å²) in [4.78, 5) is 38.7. The number of amides is 2.